The number of carbonyl (C=O) groups excluding carboxylic acids is 1. The summed E-state index contributed by atoms with van der Waals surface area (Å²) < 4.78 is 27.4. The van der Waals surface area contributed by atoms with Crippen molar-refractivity contribution in [2.24, 2.45) is 0 Å². The first-order chi connectivity index (χ1) is 13.0. The smallest absolute Gasteiger partial charge is 0.264 e. The second-order valence-corrected chi connectivity index (χ2v) is 9.28. The van der Waals surface area contributed by atoms with Crippen LogP contribution in [0.3, 0.4) is 0 Å². The second kappa shape index (κ2) is 7.17. The fourth-order valence-corrected chi connectivity index (χ4v) is 5.40. The van der Waals surface area contributed by atoms with Gasteiger partial charge in [-0.3, -0.25) is 9.10 Å². The minimum atomic E-state index is -3.64. The maximum atomic E-state index is 13.0. The predicted octanol–water partition coefficient (Wildman–Crippen LogP) is 3.72. The van der Waals surface area contributed by atoms with E-state index in [1.807, 2.05) is 11.0 Å². The Hall–Kier alpha value is -2.05. The lowest BCUT2D eigenvalue weighted by atomic mass is 10.1. The molecule has 4 rings (SSSR count). The number of hydrogen-bond acceptors (Lipinski definition) is 3. The number of rotatable bonds is 3. The highest BCUT2D eigenvalue weighted by Crippen LogP contribution is 2.34. The summed E-state index contributed by atoms with van der Waals surface area (Å²) in [5.41, 5.74) is 2.19. The molecule has 0 aliphatic carbocycles. The molecule has 2 aliphatic heterocycles. The van der Waals surface area contributed by atoms with Crippen molar-refractivity contribution in [1.29, 1.82) is 0 Å². The van der Waals surface area contributed by atoms with Crippen LogP contribution in [0.2, 0.25) is 5.02 Å². The molecule has 5 nitrogen and oxygen atoms in total. The van der Waals surface area contributed by atoms with E-state index in [0.29, 0.717) is 29.2 Å². The second-order valence-electron chi connectivity index (χ2n) is 6.98. The van der Waals surface area contributed by atoms with Crippen LogP contribution in [0.15, 0.2) is 47.4 Å². The highest BCUT2D eigenvalue weighted by molar-refractivity contribution is 7.92. The lowest BCUT2D eigenvalue weighted by Gasteiger charge is -2.27. The molecule has 2 aromatic carbocycles. The van der Waals surface area contributed by atoms with Crippen molar-refractivity contribution >= 4 is 33.2 Å². The van der Waals surface area contributed by atoms with Crippen LogP contribution in [-0.4, -0.2) is 38.9 Å². The fourth-order valence-electron chi connectivity index (χ4n) is 3.77. The lowest BCUT2D eigenvalue weighted by Crippen LogP contribution is -2.35. The van der Waals surface area contributed by atoms with Crippen molar-refractivity contribution in [2.75, 3.05) is 23.9 Å². The lowest BCUT2D eigenvalue weighted by molar-refractivity contribution is 0.0724. The van der Waals surface area contributed by atoms with Crippen LogP contribution in [-0.2, 0) is 16.4 Å². The number of halogens is 1. The first kappa shape index (κ1) is 18.3. The van der Waals surface area contributed by atoms with E-state index in [9.17, 15) is 13.2 Å². The third kappa shape index (κ3) is 3.44. The van der Waals surface area contributed by atoms with Gasteiger partial charge in [0.05, 0.1) is 10.6 Å². The summed E-state index contributed by atoms with van der Waals surface area (Å²) in [6, 6.07) is 11.5. The minimum Gasteiger partial charge on any atom is -0.339 e. The molecule has 1 fully saturated rings. The number of likely N-dealkylation sites (tertiary alicyclic amines) is 1. The predicted molar refractivity (Wildman–Crippen MR) is 106 cm³/mol. The van der Waals surface area contributed by atoms with Crippen molar-refractivity contribution in [3.05, 3.63) is 58.6 Å². The molecule has 0 radical (unpaired) electrons. The van der Waals surface area contributed by atoms with Crippen LogP contribution in [0.4, 0.5) is 5.69 Å². The number of benzene rings is 2. The summed E-state index contributed by atoms with van der Waals surface area (Å²) in [5, 5.41) is 0.497. The Balaban J connectivity index is 1.61. The van der Waals surface area contributed by atoms with Gasteiger partial charge in [-0.1, -0.05) is 11.6 Å². The van der Waals surface area contributed by atoms with E-state index < -0.39 is 10.0 Å². The van der Waals surface area contributed by atoms with Crippen LogP contribution in [0, 0.1) is 0 Å². The van der Waals surface area contributed by atoms with E-state index in [2.05, 4.69) is 0 Å². The van der Waals surface area contributed by atoms with Gasteiger partial charge in [0, 0.05) is 30.2 Å². The molecular formula is C20H21ClN2O3S. The highest BCUT2D eigenvalue weighted by atomic mass is 35.5. The van der Waals surface area contributed by atoms with E-state index in [-0.39, 0.29) is 10.8 Å². The summed E-state index contributed by atoms with van der Waals surface area (Å²) in [6.07, 6.45) is 3.86. The molecule has 2 aliphatic rings. The summed E-state index contributed by atoms with van der Waals surface area (Å²) in [5.74, 6) is 0.0384. The molecule has 27 heavy (non-hydrogen) atoms. The molecule has 1 saturated heterocycles. The average molecular weight is 405 g/mol. The standard InChI is InChI=1S/C20H21ClN2O3S/c21-17-5-7-18(8-6-17)27(25,26)23-13-10-15-14-16(4-9-19(15)23)20(24)22-11-2-1-3-12-22/h4-9,14H,1-3,10-13H2. The van der Waals surface area contributed by atoms with Crippen molar-refractivity contribution in [1.82, 2.24) is 4.90 Å². The molecule has 142 valence electrons. The van der Waals surface area contributed by atoms with Crippen LogP contribution in [0.5, 0.6) is 0 Å². The normalized spacial score (nSPS) is 17.1. The molecular weight excluding hydrogens is 384 g/mol. The molecule has 0 N–H and O–H groups in total. The van der Waals surface area contributed by atoms with Gasteiger partial charge in [-0.05, 0) is 73.7 Å². The molecule has 0 aromatic heterocycles. The highest BCUT2D eigenvalue weighted by Gasteiger charge is 2.31. The Labute approximate surface area is 164 Å². The van der Waals surface area contributed by atoms with Gasteiger partial charge < -0.3 is 4.90 Å². The van der Waals surface area contributed by atoms with Gasteiger partial charge >= 0.3 is 0 Å². The Bertz CT molecular complexity index is 967. The number of piperidine rings is 1. The quantitative estimate of drug-likeness (QED) is 0.783. The topological polar surface area (TPSA) is 57.7 Å². The van der Waals surface area contributed by atoms with Gasteiger partial charge in [0.15, 0.2) is 0 Å². The third-order valence-electron chi connectivity index (χ3n) is 5.22. The number of anilines is 1. The van der Waals surface area contributed by atoms with Gasteiger partial charge in [0.1, 0.15) is 0 Å². The van der Waals surface area contributed by atoms with Crippen LogP contribution in [0.1, 0.15) is 35.2 Å². The average Bonchev–Trinajstić information content (AvgIpc) is 3.12. The van der Waals surface area contributed by atoms with Crippen LogP contribution < -0.4 is 4.31 Å². The van der Waals surface area contributed by atoms with E-state index in [1.165, 1.54) is 22.9 Å². The van der Waals surface area contributed by atoms with Gasteiger partial charge in [-0.25, -0.2) is 8.42 Å². The van der Waals surface area contributed by atoms with E-state index >= 15 is 0 Å². The van der Waals surface area contributed by atoms with Gasteiger partial charge in [-0.2, -0.15) is 0 Å². The fraction of sp³-hybridized carbons (Fsp3) is 0.350. The zero-order valence-electron chi connectivity index (χ0n) is 14.9. The molecule has 0 saturated carbocycles. The zero-order chi connectivity index (χ0) is 19.0. The van der Waals surface area contributed by atoms with Gasteiger partial charge in [0.2, 0.25) is 0 Å². The first-order valence-corrected chi connectivity index (χ1v) is 11.0. The summed E-state index contributed by atoms with van der Waals surface area (Å²) in [6.45, 7) is 1.97. The van der Waals surface area contributed by atoms with E-state index in [1.54, 1.807) is 24.3 Å². The molecule has 2 aromatic rings. The van der Waals surface area contributed by atoms with E-state index in [4.69, 9.17) is 11.6 Å². The summed E-state index contributed by atoms with van der Waals surface area (Å²) in [4.78, 5) is 14.8. The molecule has 7 heteroatoms. The molecule has 0 unspecified atom stereocenters. The first-order valence-electron chi connectivity index (χ1n) is 9.17. The Kier molecular flexibility index (Phi) is 4.86. The summed E-state index contributed by atoms with van der Waals surface area (Å²) in [7, 11) is -3.64. The SMILES string of the molecule is O=C(c1ccc2c(c1)CCN2S(=O)(=O)c1ccc(Cl)cc1)N1CCCCC1. The molecule has 2 heterocycles. The van der Waals surface area contributed by atoms with Crippen molar-refractivity contribution in [2.45, 2.75) is 30.6 Å². The maximum absolute atomic E-state index is 13.0. The van der Waals surface area contributed by atoms with E-state index in [0.717, 1.165) is 31.5 Å². The van der Waals surface area contributed by atoms with Gasteiger partial charge in [-0.15, -0.1) is 0 Å². The van der Waals surface area contributed by atoms with Crippen molar-refractivity contribution in [3.8, 4) is 0 Å². The summed E-state index contributed by atoms with van der Waals surface area (Å²) >= 11 is 5.87. The monoisotopic (exact) mass is 404 g/mol. The Morgan fingerprint density at radius 3 is 2.33 bits per heavy atom. The van der Waals surface area contributed by atoms with Crippen LogP contribution >= 0.6 is 11.6 Å². The molecule has 0 bridgehead atoms. The molecule has 1 amide bonds. The van der Waals surface area contributed by atoms with Crippen LogP contribution in [0.25, 0.3) is 0 Å². The third-order valence-corrected chi connectivity index (χ3v) is 7.30. The number of nitrogens with zero attached hydrogens (tertiary/aromatic N) is 2. The molecule has 0 atom stereocenters. The minimum absolute atomic E-state index is 0.0384. The number of hydrogen-bond donors (Lipinski definition) is 0. The number of fused-ring (bicyclic) bond motifs is 1. The largest absolute Gasteiger partial charge is 0.339 e. The Morgan fingerprint density at radius 2 is 1.63 bits per heavy atom. The van der Waals surface area contributed by atoms with Gasteiger partial charge in [0.25, 0.3) is 15.9 Å². The number of carbonyl (C=O) groups is 1. The number of sulfonamides is 1. The Morgan fingerprint density at radius 1 is 0.926 bits per heavy atom. The number of amides is 1. The van der Waals surface area contributed by atoms with Crippen molar-refractivity contribution < 1.29 is 13.2 Å². The van der Waals surface area contributed by atoms with Crippen molar-refractivity contribution in [3.63, 3.8) is 0 Å². The zero-order valence-corrected chi connectivity index (χ0v) is 16.5. The maximum Gasteiger partial charge on any atom is 0.264 e. The molecule has 0 spiro atoms.